The van der Waals surface area contributed by atoms with Gasteiger partial charge < -0.3 is 9.84 Å². The Morgan fingerprint density at radius 3 is 2.52 bits per heavy atom. The second-order valence-corrected chi connectivity index (χ2v) is 5.40. The third-order valence-electron chi connectivity index (χ3n) is 3.83. The molecule has 1 saturated heterocycles. The fourth-order valence-corrected chi connectivity index (χ4v) is 2.88. The monoisotopic (exact) mass is 328 g/mol. The minimum atomic E-state index is -4.73. The molecule has 1 amide bonds. The van der Waals surface area contributed by atoms with E-state index in [9.17, 15) is 23.1 Å². The molecular weight excluding hydrogens is 313 g/mol. The minimum Gasteiger partial charge on any atom is -0.444 e. The van der Waals surface area contributed by atoms with Crippen LogP contribution < -0.4 is 4.90 Å². The first-order chi connectivity index (χ1) is 10.6. The molecule has 1 aliphatic rings. The molecule has 5 nitrogen and oxygen atoms in total. The van der Waals surface area contributed by atoms with Crippen LogP contribution in [0, 0.1) is 13.5 Å². The summed E-state index contributed by atoms with van der Waals surface area (Å²) in [6, 6.07) is 1.49. The van der Waals surface area contributed by atoms with Crippen LogP contribution in [-0.4, -0.2) is 29.4 Å². The highest BCUT2D eigenvalue weighted by molar-refractivity contribution is 5.92. The van der Waals surface area contributed by atoms with E-state index in [-0.39, 0.29) is 11.3 Å². The molecule has 1 aromatic carbocycles. The van der Waals surface area contributed by atoms with Gasteiger partial charge in [0.15, 0.2) is 5.69 Å². The first kappa shape index (κ1) is 17.1. The Hall–Kier alpha value is -2.27. The molecule has 0 aromatic heterocycles. The number of hydrogen-bond donors (Lipinski definition) is 1. The van der Waals surface area contributed by atoms with Crippen molar-refractivity contribution in [2.45, 2.75) is 45.2 Å². The highest BCUT2D eigenvalue weighted by Gasteiger charge is 2.45. The van der Waals surface area contributed by atoms with Crippen LogP contribution >= 0.6 is 0 Å². The van der Waals surface area contributed by atoms with Crippen LogP contribution in [0.3, 0.4) is 0 Å². The van der Waals surface area contributed by atoms with Gasteiger partial charge in [-0.25, -0.2) is 9.64 Å². The zero-order valence-electron chi connectivity index (χ0n) is 12.7. The number of carbonyl (C=O) groups excluding carboxylic acids is 1. The number of halogens is 3. The summed E-state index contributed by atoms with van der Waals surface area (Å²) in [5, 5.41) is 9.85. The van der Waals surface area contributed by atoms with Gasteiger partial charge in [0.1, 0.15) is 12.1 Å². The lowest BCUT2D eigenvalue weighted by Gasteiger charge is -2.28. The molecule has 0 aliphatic carbocycles. The van der Waals surface area contributed by atoms with Crippen LogP contribution in [0.2, 0.25) is 0 Å². The van der Waals surface area contributed by atoms with Gasteiger partial charge in [0.25, 0.3) is 0 Å². The lowest BCUT2D eigenvalue weighted by molar-refractivity contribution is -0.137. The largest absolute Gasteiger partial charge is 0.444 e. The average molecular weight is 328 g/mol. The fraction of sp³-hybridized carbons (Fsp3) is 0.467. The predicted molar refractivity (Wildman–Crippen MR) is 76.3 cm³/mol. The number of benzene rings is 1. The van der Waals surface area contributed by atoms with Crippen molar-refractivity contribution in [3.8, 4) is 0 Å². The third kappa shape index (κ3) is 2.84. The van der Waals surface area contributed by atoms with Gasteiger partial charge >= 0.3 is 12.3 Å². The van der Waals surface area contributed by atoms with E-state index >= 15 is 0 Å². The third-order valence-corrected chi connectivity index (χ3v) is 3.83. The maximum Gasteiger partial charge on any atom is 0.415 e. The van der Waals surface area contributed by atoms with Crippen molar-refractivity contribution >= 4 is 17.5 Å². The van der Waals surface area contributed by atoms with Crippen LogP contribution in [-0.2, 0) is 10.9 Å². The zero-order chi connectivity index (χ0) is 17.5. The van der Waals surface area contributed by atoms with Gasteiger partial charge in [0.05, 0.1) is 18.2 Å². The number of amides is 1. The zero-order valence-corrected chi connectivity index (χ0v) is 12.7. The summed E-state index contributed by atoms with van der Waals surface area (Å²) in [4.78, 5) is 15.9. The number of anilines is 1. The number of hydrogen-bond acceptors (Lipinski definition) is 3. The van der Waals surface area contributed by atoms with Gasteiger partial charge in [-0.15, -0.1) is 0 Å². The molecule has 0 saturated carbocycles. The molecule has 8 heteroatoms. The van der Waals surface area contributed by atoms with E-state index in [0.717, 1.165) is 11.0 Å². The summed E-state index contributed by atoms with van der Waals surface area (Å²) >= 11 is 0. The Kier molecular flexibility index (Phi) is 4.26. The molecule has 0 unspecified atom stereocenters. The van der Waals surface area contributed by atoms with Crippen LogP contribution in [0.15, 0.2) is 12.1 Å². The number of aliphatic hydroxyl groups is 1. The Bertz CT molecular complexity index is 680. The van der Waals surface area contributed by atoms with Crippen molar-refractivity contribution in [3.05, 3.63) is 34.7 Å². The lowest BCUT2D eigenvalue weighted by atomic mass is 10.00. The average Bonchev–Trinajstić information content (AvgIpc) is 2.71. The molecule has 3 atom stereocenters. The normalized spacial score (nSPS) is 22.7. The summed E-state index contributed by atoms with van der Waals surface area (Å²) < 4.78 is 44.8. The summed E-state index contributed by atoms with van der Waals surface area (Å²) in [5.41, 5.74) is -1.89. The molecule has 1 aromatic rings. The fourth-order valence-electron chi connectivity index (χ4n) is 2.88. The molecule has 1 N–H and O–H groups in total. The molecule has 0 radical (unpaired) electrons. The highest BCUT2D eigenvalue weighted by atomic mass is 19.4. The minimum absolute atomic E-state index is 0.0232. The summed E-state index contributed by atoms with van der Waals surface area (Å²) in [6.07, 6.45) is -7.21. The Morgan fingerprint density at radius 2 is 2.04 bits per heavy atom. The van der Waals surface area contributed by atoms with E-state index in [1.807, 2.05) is 0 Å². The van der Waals surface area contributed by atoms with E-state index in [0.29, 0.717) is 0 Å². The maximum absolute atomic E-state index is 13.3. The molecular formula is C15H15F3N2O3. The molecule has 23 heavy (non-hydrogen) atoms. The van der Waals surface area contributed by atoms with Gasteiger partial charge in [-0.1, -0.05) is 6.07 Å². The summed E-state index contributed by atoms with van der Waals surface area (Å²) in [6.45, 7) is 11.1. The van der Waals surface area contributed by atoms with Crippen molar-refractivity contribution in [1.29, 1.82) is 0 Å². The molecule has 1 fully saturated rings. The van der Waals surface area contributed by atoms with Crippen LogP contribution in [0.5, 0.6) is 0 Å². The van der Waals surface area contributed by atoms with Crippen LogP contribution in [0.1, 0.15) is 25.0 Å². The topological polar surface area (TPSA) is 54.1 Å². The maximum atomic E-state index is 13.3. The number of cyclic esters (lactones) is 1. The molecule has 0 spiro atoms. The number of rotatable bonds is 2. The smallest absolute Gasteiger partial charge is 0.415 e. The summed E-state index contributed by atoms with van der Waals surface area (Å²) in [5.74, 6) is 0. The van der Waals surface area contributed by atoms with Gasteiger partial charge in [-0.05, 0) is 32.4 Å². The van der Waals surface area contributed by atoms with E-state index in [1.165, 1.54) is 19.9 Å². The van der Waals surface area contributed by atoms with Crippen molar-refractivity contribution < 1.29 is 27.8 Å². The molecule has 0 bridgehead atoms. The van der Waals surface area contributed by atoms with Crippen molar-refractivity contribution in [3.63, 3.8) is 0 Å². The first-order valence-electron chi connectivity index (χ1n) is 6.85. The van der Waals surface area contributed by atoms with E-state index in [1.54, 1.807) is 6.92 Å². The van der Waals surface area contributed by atoms with Crippen molar-refractivity contribution in [2.24, 2.45) is 0 Å². The van der Waals surface area contributed by atoms with Crippen LogP contribution in [0.4, 0.5) is 29.3 Å². The highest BCUT2D eigenvalue weighted by Crippen LogP contribution is 2.43. The van der Waals surface area contributed by atoms with Gasteiger partial charge in [0.2, 0.25) is 0 Å². The van der Waals surface area contributed by atoms with Crippen LogP contribution in [0.25, 0.3) is 4.85 Å². The standard InChI is InChI=1S/C15H15F3N2O3/c1-7-11(6-5-10(19-4)12(7)15(16,17)18)20-13(8(2)21)9(3)23-14(20)22/h5-6,8-9,13,21H,1-3H3/t8-,9+,13-/m0/s1. The SMILES string of the molecule is [C-]#[N+]c1ccc(N2C(=O)O[C@H](C)[C@@H]2[C@H](C)O)c(C)c1C(F)(F)F. The van der Waals surface area contributed by atoms with E-state index in [4.69, 9.17) is 11.3 Å². The molecule has 1 heterocycles. The first-order valence-corrected chi connectivity index (χ1v) is 6.85. The predicted octanol–water partition coefficient (Wildman–Crippen LogP) is 3.66. The summed E-state index contributed by atoms with van der Waals surface area (Å²) in [7, 11) is 0. The van der Waals surface area contributed by atoms with Crippen molar-refractivity contribution in [2.75, 3.05) is 4.90 Å². The van der Waals surface area contributed by atoms with Gasteiger partial charge in [0, 0.05) is 5.69 Å². The molecule has 1 aliphatic heterocycles. The Morgan fingerprint density at radius 1 is 1.43 bits per heavy atom. The number of nitrogens with zero attached hydrogens (tertiary/aromatic N) is 2. The number of alkyl halides is 3. The van der Waals surface area contributed by atoms with E-state index < -0.39 is 41.8 Å². The van der Waals surface area contributed by atoms with Gasteiger partial charge in [-0.2, -0.15) is 13.2 Å². The van der Waals surface area contributed by atoms with E-state index in [2.05, 4.69) is 4.85 Å². The molecule has 2 rings (SSSR count). The number of carbonyl (C=O) groups is 1. The van der Waals surface area contributed by atoms with Gasteiger partial charge in [-0.3, -0.25) is 4.90 Å². The number of ether oxygens (including phenoxy) is 1. The second kappa shape index (κ2) is 5.74. The molecule has 124 valence electrons. The quantitative estimate of drug-likeness (QED) is 0.843. The lowest BCUT2D eigenvalue weighted by Crippen LogP contribution is -2.44. The number of aliphatic hydroxyl groups excluding tert-OH is 1. The Labute approximate surface area is 131 Å². The van der Waals surface area contributed by atoms with Crippen molar-refractivity contribution in [1.82, 2.24) is 0 Å². The second-order valence-electron chi connectivity index (χ2n) is 5.40. The Balaban J connectivity index is 2.65.